The topological polar surface area (TPSA) is 0 Å². The van der Waals surface area contributed by atoms with Crippen LogP contribution in [-0.4, -0.2) is 6.18 Å². The monoisotopic (exact) mass is 360 g/mol. The Morgan fingerprint density at radius 1 is 0.760 bits per heavy atom. The Kier molecular flexibility index (Phi) is 8.14. The van der Waals surface area contributed by atoms with Gasteiger partial charge in [0.15, 0.2) is 0 Å². The molecule has 2 aliphatic rings. The van der Waals surface area contributed by atoms with Crippen molar-refractivity contribution in [1.82, 2.24) is 0 Å². The number of hydrogen-bond donors (Lipinski definition) is 0. The van der Waals surface area contributed by atoms with Crippen molar-refractivity contribution < 1.29 is 13.2 Å². The van der Waals surface area contributed by atoms with Crippen molar-refractivity contribution in [3.05, 3.63) is 0 Å². The molecule has 0 aliphatic heterocycles. The molecule has 148 valence electrons. The zero-order valence-electron chi connectivity index (χ0n) is 16.5. The quantitative estimate of drug-likeness (QED) is 0.382. The Balaban J connectivity index is 1.84. The van der Waals surface area contributed by atoms with Crippen LogP contribution in [0, 0.1) is 23.2 Å². The lowest BCUT2D eigenvalue weighted by atomic mass is 9.62. The maximum Gasteiger partial charge on any atom is 0.394 e. The molecule has 0 nitrogen and oxygen atoms in total. The van der Waals surface area contributed by atoms with Crippen molar-refractivity contribution in [3.63, 3.8) is 0 Å². The Morgan fingerprint density at radius 2 is 1.36 bits per heavy atom. The Hall–Kier alpha value is -0.210. The lowest BCUT2D eigenvalue weighted by molar-refractivity contribution is -0.241. The van der Waals surface area contributed by atoms with Gasteiger partial charge >= 0.3 is 6.18 Å². The molecule has 0 spiro atoms. The van der Waals surface area contributed by atoms with E-state index in [9.17, 15) is 13.2 Å². The molecule has 2 rings (SSSR count). The summed E-state index contributed by atoms with van der Waals surface area (Å²) in [7, 11) is 0. The molecular weight excluding hydrogens is 321 g/mol. The standard InChI is InChI=1S/C22H39F3/c1-3-5-6-7-15-21(22(23,24)25)16-13-20(14-17-21)19-11-9-18(8-4-2)10-12-19/h18-20H,3-17H2,1-2H3. The van der Waals surface area contributed by atoms with Gasteiger partial charge in [0.1, 0.15) is 0 Å². The van der Waals surface area contributed by atoms with Crippen molar-refractivity contribution >= 4 is 0 Å². The zero-order chi connectivity index (χ0) is 18.3. The lowest BCUT2D eigenvalue weighted by Gasteiger charge is -2.44. The summed E-state index contributed by atoms with van der Waals surface area (Å²) in [5.41, 5.74) is -1.36. The average Bonchev–Trinajstić information content (AvgIpc) is 2.59. The van der Waals surface area contributed by atoms with Gasteiger partial charge in [-0.05, 0) is 62.7 Å². The maximum absolute atomic E-state index is 13.8. The van der Waals surface area contributed by atoms with E-state index in [0.717, 1.165) is 44.4 Å². The molecule has 25 heavy (non-hydrogen) atoms. The molecular formula is C22H39F3. The third-order valence-corrected chi connectivity index (χ3v) is 7.35. The van der Waals surface area contributed by atoms with E-state index in [2.05, 4.69) is 13.8 Å². The van der Waals surface area contributed by atoms with Crippen LogP contribution in [0.25, 0.3) is 0 Å². The molecule has 0 aromatic heterocycles. The minimum Gasteiger partial charge on any atom is -0.171 e. The SMILES string of the molecule is CCCCCCC1(C(F)(F)F)CCC(C2CCC(CCC)CC2)CC1. The van der Waals surface area contributed by atoms with Crippen LogP contribution >= 0.6 is 0 Å². The molecule has 3 heteroatoms. The first-order chi connectivity index (χ1) is 11.9. The van der Waals surface area contributed by atoms with Gasteiger partial charge in [0, 0.05) is 0 Å². The lowest BCUT2D eigenvalue weighted by Crippen LogP contribution is -2.42. The second-order valence-corrected chi connectivity index (χ2v) is 9.00. The molecule has 0 aromatic carbocycles. The molecule has 0 amide bonds. The van der Waals surface area contributed by atoms with Crippen LogP contribution in [0.2, 0.25) is 0 Å². The molecule has 0 bridgehead atoms. The van der Waals surface area contributed by atoms with E-state index in [-0.39, 0.29) is 0 Å². The maximum atomic E-state index is 13.8. The van der Waals surface area contributed by atoms with Gasteiger partial charge in [-0.1, -0.05) is 65.2 Å². The van der Waals surface area contributed by atoms with Gasteiger partial charge in [-0.3, -0.25) is 0 Å². The second-order valence-electron chi connectivity index (χ2n) is 9.00. The highest BCUT2D eigenvalue weighted by atomic mass is 19.4. The molecule has 0 heterocycles. The largest absolute Gasteiger partial charge is 0.394 e. The first-order valence-electron chi connectivity index (χ1n) is 11.0. The van der Waals surface area contributed by atoms with Crippen LogP contribution < -0.4 is 0 Å². The summed E-state index contributed by atoms with van der Waals surface area (Å²) >= 11 is 0. The first-order valence-corrected chi connectivity index (χ1v) is 11.0. The van der Waals surface area contributed by atoms with Crippen LogP contribution in [0.3, 0.4) is 0 Å². The summed E-state index contributed by atoms with van der Waals surface area (Å²) in [5, 5.41) is 0. The molecule has 0 aromatic rings. The van der Waals surface area contributed by atoms with Gasteiger partial charge in [-0.25, -0.2) is 0 Å². The molecule has 2 fully saturated rings. The van der Waals surface area contributed by atoms with E-state index >= 15 is 0 Å². The third-order valence-electron chi connectivity index (χ3n) is 7.35. The number of rotatable bonds is 8. The normalized spacial score (nSPS) is 34.2. The highest BCUT2D eigenvalue weighted by Crippen LogP contribution is 2.55. The fourth-order valence-electron chi connectivity index (χ4n) is 5.59. The van der Waals surface area contributed by atoms with Crippen molar-refractivity contribution in [2.24, 2.45) is 23.2 Å². The Morgan fingerprint density at radius 3 is 1.88 bits per heavy atom. The van der Waals surface area contributed by atoms with Crippen molar-refractivity contribution in [1.29, 1.82) is 0 Å². The molecule has 2 aliphatic carbocycles. The van der Waals surface area contributed by atoms with Crippen LogP contribution in [0.4, 0.5) is 13.2 Å². The predicted octanol–water partition coefficient (Wildman–Crippen LogP) is 8.30. The molecule has 0 N–H and O–H groups in total. The van der Waals surface area contributed by atoms with Gasteiger partial charge in [-0.2, -0.15) is 13.2 Å². The zero-order valence-corrected chi connectivity index (χ0v) is 16.5. The minimum absolute atomic E-state index is 0.368. The van der Waals surface area contributed by atoms with Gasteiger partial charge in [0.2, 0.25) is 0 Å². The van der Waals surface area contributed by atoms with Gasteiger partial charge < -0.3 is 0 Å². The fraction of sp³-hybridized carbons (Fsp3) is 1.00. The van der Waals surface area contributed by atoms with Crippen LogP contribution in [0.1, 0.15) is 110 Å². The average molecular weight is 361 g/mol. The van der Waals surface area contributed by atoms with E-state index in [4.69, 9.17) is 0 Å². The molecule has 2 saturated carbocycles. The summed E-state index contributed by atoms with van der Waals surface area (Å²) in [6.45, 7) is 4.37. The number of unbranched alkanes of at least 4 members (excludes halogenated alkanes) is 3. The van der Waals surface area contributed by atoms with E-state index < -0.39 is 11.6 Å². The summed E-state index contributed by atoms with van der Waals surface area (Å²) in [4.78, 5) is 0. The van der Waals surface area contributed by atoms with Crippen LogP contribution in [-0.2, 0) is 0 Å². The van der Waals surface area contributed by atoms with Crippen molar-refractivity contribution in [3.8, 4) is 0 Å². The number of hydrogen-bond acceptors (Lipinski definition) is 0. The van der Waals surface area contributed by atoms with E-state index in [1.54, 1.807) is 0 Å². The summed E-state index contributed by atoms with van der Waals surface area (Å²) < 4.78 is 41.4. The molecule has 0 atom stereocenters. The number of alkyl halides is 3. The summed E-state index contributed by atoms with van der Waals surface area (Å²) in [5.74, 6) is 2.16. The molecule has 0 unspecified atom stereocenters. The van der Waals surface area contributed by atoms with Crippen LogP contribution in [0.15, 0.2) is 0 Å². The van der Waals surface area contributed by atoms with E-state index in [1.165, 1.54) is 38.5 Å². The van der Waals surface area contributed by atoms with Crippen molar-refractivity contribution in [2.45, 2.75) is 116 Å². The summed E-state index contributed by atoms with van der Waals surface area (Å²) in [6.07, 6.45) is 10.4. The molecule has 0 saturated heterocycles. The van der Waals surface area contributed by atoms with E-state index in [1.807, 2.05) is 0 Å². The highest BCUT2D eigenvalue weighted by Gasteiger charge is 2.55. The minimum atomic E-state index is -4.01. The van der Waals surface area contributed by atoms with Crippen LogP contribution in [0.5, 0.6) is 0 Å². The highest BCUT2D eigenvalue weighted by molar-refractivity contribution is 4.93. The first kappa shape index (κ1) is 21.1. The Labute approximate surface area is 153 Å². The predicted molar refractivity (Wildman–Crippen MR) is 99.6 cm³/mol. The second kappa shape index (κ2) is 9.65. The smallest absolute Gasteiger partial charge is 0.171 e. The molecule has 0 radical (unpaired) electrons. The Bertz CT molecular complexity index is 358. The van der Waals surface area contributed by atoms with E-state index in [0.29, 0.717) is 31.1 Å². The fourth-order valence-corrected chi connectivity index (χ4v) is 5.59. The third kappa shape index (κ3) is 5.63. The van der Waals surface area contributed by atoms with Gasteiger partial charge in [0.25, 0.3) is 0 Å². The van der Waals surface area contributed by atoms with Gasteiger partial charge in [-0.15, -0.1) is 0 Å². The van der Waals surface area contributed by atoms with Crippen molar-refractivity contribution in [2.75, 3.05) is 0 Å². The summed E-state index contributed by atoms with van der Waals surface area (Å²) in [6, 6.07) is 0. The number of halogens is 3. The van der Waals surface area contributed by atoms with Gasteiger partial charge in [0.05, 0.1) is 5.41 Å².